The van der Waals surface area contributed by atoms with Crippen LogP contribution in [0.2, 0.25) is 0 Å². The number of benzene rings is 1. The second kappa shape index (κ2) is 10.2. The van der Waals surface area contributed by atoms with E-state index in [1.807, 2.05) is 16.8 Å². The van der Waals surface area contributed by atoms with E-state index in [0.717, 1.165) is 36.0 Å². The molecular formula is C24H31N5O2. The first-order valence-electron chi connectivity index (χ1n) is 10.8. The number of hydrogen-bond acceptors (Lipinski definition) is 4. The van der Waals surface area contributed by atoms with Crippen molar-refractivity contribution in [3.8, 4) is 0 Å². The van der Waals surface area contributed by atoms with Gasteiger partial charge in [-0.15, -0.1) is 0 Å². The number of nitrogens with one attached hydrogen (secondary N) is 1. The van der Waals surface area contributed by atoms with Crippen LogP contribution in [-0.4, -0.2) is 31.6 Å². The highest BCUT2D eigenvalue weighted by Gasteiger charge is 2.14. The molecule has 0 fully saturated rings. The lowest BCUT2D eigenvalue weighted by atomic mass is 9.93. The van der Waals surface area contributed by atoms with Gasteiger partial charge in [-0.2, -0.15) is 0 Å². The largest absolute Gasteiger partial charge is 0.353 e. The van der Waals surface area contributed by atoms with Gasteiger partial charge in [-0.1, -0.05) is 33.8 Å². The molecule has 7 nitrogen and oxygen atoms in total. The number of carbonyl (C=O) groups excluding carboxylic acids is 1. The second-order valence-corrected chi connectivity index (χ2v) is 8.39. The predicted octanol–water partition coefficient (Wildman–Crippen LogP) is 3.91. The highest BCUT2D eigenvalue weighted by Crippen LogP contribution is 2.27. The molecule has 0 aliphatic heterocycles. The molecule has 0 aliphatic rings. The highest BCUT2D eigenvalue weighted by molar-refractivity contribution is 5.90. The minimum Gasteiger partial charge on any atom is -0.353 e. The Balaban J connectivity index is 1.67. The fourth-order valence-corrected chi connectivity index (χ4v) is 3.44. The monoisotopic (exact) mass is 421 g/mol. The maximum atomic E-state index is 13.0. The topological polar surface area (TPSA) is 81.8 Å². The third-order valence-corrected chi connectivity index (χ3v) is 5.31. The first-order valence-corrected chi connectivity index (χ1v) is 10.8. The summed E-state index contributed by atoms with van der Waals surface area (Å²) >= 11 is 0. The van der Waals surface area contributed by atoms with E-state index in [9.17, 15) is 9.59 Å². The van der Waals surface area contributed by atoms with Crippen molar-refractivity contribution in [1.29, 1.82) is 0 Å². The van der Waals surface area contributed by atoms with Gasteiger partial charge >= 0.3 is 0 Å². The lowest BCUT2D eigenvalue weighted by Crippen LogP contribution is -2.23. The van der Waals surface area contributed by atoms with Gasteiger partial charge in [-0.3, -0.25) is 14.2 Å². The molecule has 0 saturated carbocycles. The minimum absolute atomic E-state index is 0.168. The lowest BCUT2D eigenvalue weighted by molar-refractivity contribution is -0.116. The Morgan fingerprint density at radius 1 is 1.13 bits per heavy atom. The van der Waals surface area contributed by atoms with Gasteiger partial charge in [0.1, 0.15) is 6.33 Å². The standard InChI is InChI=1S/C24H31N5O2/c1-17(2)19-13-20(18(3)4)23-21(14-19)24(31)29(16-27-23)11-7-22(30)26-8-5-6-10-28-12-9-25-15-28/h7,9,11-18H,5-6,8,10H2,1-4H3,(H,26,30)/b11-7+. The van der Waals surface area contributed by atoms with Gasteiger partial charge in [0.15, 0.2) is 0 Å². The van der Waals surface area contributed by atoms with Crippen LogP contribution < -0.4 is 10.9 Å². The number of fused-ring (bicyclic) bond motifs is 1. The van der Waals surface area contributed by atoms with Crippen molar-refractivity contribution in [2.24, 2.45) is 0 Å². The van der Waals surface area contributed by atoms with Crippen molar-refractivity contribution in [3.63, 3.8) is 0 Å². The van der Waals surface area contributed by atoms with Crippen LogP contribution in [0.3, 0.4) is 0 Å². The summed E-state index contributed by atoms with van der Waals surface area (Å²) in [5.41, 5.74) is 2.75. The van der Waals surface area contributed by atoms with Crippen molar-refractivity contribution >= 4 is 23.0 Å². The fraction of sp³-hybridized carbons (Fsp3) is 0.417. The molecule has 1 N–H and O–H groups in total. The van der Waals surface area contributed by atoms with Crippen LogP contribution in [-0.2, 0) is 11.3 Å². The third-order valence-electron chi connectivity index (χ3n) is 5.31. The molecule has 0 unspecified atom stereocenters. The summed E-state index contributed by atoms with van der Waals surface area (Å²) in [4.78, 5) is 33.7. The van der Waals surface area contributed by atoms with Crippen molar-refractivity contribution in [2.75, 3.05) is 6.54 Å². The highest BCUT2D eigenvalue weighted by atomic mass is 16.1. The Morgan fingerprint density at radius 3 is 2.61 bits per heavy atom. The van der Waals surface area contributed by atoms with Crippen molar-refractivity contribution in [3.05, 3.63) is 64.7 Å². The van der Waals surface area contributed by atoms with Crippen LogP contribution in [0.1, 0.15) is 63.5 Å². The van der Waals surface area contributed by atoms with Gasteiger partial charge in [0.25, 0.3) is 5.56 Å². The normalized spacial score (nSPS) is 11.8. The Hall–Kier alpha value is -3.22. The Bertz CT molecular complexity index is 1110. The van der Waals surface area contributed by atoms with Gasteiger partial charge in [-0.25, -0.2) is 9.97 Å². The Morgan fingerprint density at radius 2 is 1.94 bits per heavy atom. The molecule has 7 heteroatoms. The molecule has 2 heterocycles. The van der Waals surface area contributed by atoms with Gasteiger partial charge in [0.2, 0.25) is 5.91 Å². The molecule has 1 amide bonds. The summed E-state index contributed by atoms with van der Waals surface area (Å²) < 4.78 is 3.38. The maximum absolute atomic E-state index is 13.0. The molecule has 3 aromatic rings. The van der Waals surface area contributed by atoms with E-state index in [0.29, 0.717) is 17.8 Å². The van der Waals surface area contributed by atoms with E-state index in [1.165, 1.54) is 23.2 Å². The number of rotatable bonds is 9. The Kier molecular flexibility index (Phi) is 7.39. The van der Waals surface area contributed by atoms with Gasteiger partial charge in [0, 0.05) is 37.8 Å². The number of aryl methyl sites for hydroxylation is 1. The van der Waals surface area contributed by atoms with E-state index < -0.39 is 0 Å². The number of hydrogen-bond donors (Lipinski definition) is 1. The van der Waals surface area contributed by atoms with Crippen LogP contribution in [0.15, 0.2) is 48.1 Å². The van der Waals surface area contributed by atoms with Crippen LogP contribution in [0.25, 0.3) is 17.1 Å². The van der Waals surface area contributed by atoms with Crippen molar-refractivity contribution in [2.45, 2.75) is 58.9 Å². The van der Waals surface area contributed by atoms with E-state index in [-0.39, 0.29) is 17.4 Å². The van der Waals surface area contributed by atoms with E-state index >= 15 is 0 Å². The van der Waals surface area contributed by atoms with E-state index in [1.54, 1.807) is 12.5 Å². The third kappa shape index (κ3) is 5.69. The Labute approximate surface area is 182 Å². The first kappa shape index (κ1) is 22.5. The molecule has 0 radical (unpaired) electrons. The molecular weight excluding hydrogens is 390 g/mol. The summed E-state index contributed by atoms with van der Waals surface area (Å²) in [5, 5.41) is 3.44. The summed E-state index contributed by atoms with van der Waals surface area (Å²) in [5.74, 6) is 0.345. The molecule has 0 aliphatic carbocycles. The van der Waals surface area contributed by atoms with Crippen LogP contribution >= 0.6 is 0 Å². The molecule has 0 spiro atoms. The zero-order valence-electron chi connectivity index (χ0n) is 18.7. The van der Waals surface area contributed by atoms with E-state index in [4.69, 9.17) is 0 Å². The SMILES string of the molecule is CC(C)c1cc(C(C)C)c2ncn(/C=C/C(=O)NCCCCn3ccnc3)c(=O)c2c1. The van der Waals surface area contributed by atoms with Crippen molar-refractivity contribution in [1.82, 2.24) is 24.4 Å². The molecule has 0 bridgehead atoms. The molecule has 0 saturated heterocycles. The van der Waals surface area contributed by atoms with Crippen LogP contribution in [0.5, 0.6) is 0 Å². The first-order chi connectivity index (χ1) is 14.9. The molecule has 0 atom stereocenters. The maximum Gasteiger partial charge on any atom is 0.265 e. The number of aromatic nitrogens is 4. The summed E-state index contributed by atoms with van der Waals surface area (Å²) in [6.07, 6.45) is 11.6. The molecule has 31 heavy (non-hydrogen) atoms. The zero-order valence-corrected chi connectivity index (χ0v) is 18.7. The van der Waals surface area contributed by atoms with Crippen LogP contribution in [0, 0.1) is 0 Å². The number of amides is 1. The van der Waals surface area contributed by atoms with Crippen LogP contribution in [0.4, 0.5) is 0 Å². The second-order valence-electron chi connectivity index (χ2n) is 8.39. The smallest absolute Gasteiger partial charge is 0.265 e. The van der Waals surface area contributed by atoms with Gasteiger partial charge in [0.05, 0.1) is 17.2 Å². The van der Waals surface area contributed by atoms with Crippen molar-refractivity contribution < 1.29 is 4.79 Å². The molecule has 164 valence electrons. The van der Waals surface area contributed by atoms with E-state index in [2.05, 4.69) is 49.0 Å². The lowest BCUT2D eigenvalue weighted by Gasteiger charge is -2.14. The number of carbonyl (C=O) groups is 1. The zero-order chi connectivity index (χ0) is 22.4. The minimum atomic E-state index is -0.228. The molecule has 3 rings (SSSR count). The fourth-order valence-electron chi connectivity index (χ4n) is 3.44. The number of imidazole rings is 1. The summed E-state index contributed by atoms with van der Waals surface area (Å²) in [6.45, 7) is 9.88. The number of nitrogens with zero attached hydrogens (tertiary/aromatic N) is 4. The van der Waals surface area contributed by atoms with Gasteiger partial charge in [-0.05, 0) is 41.9 Å². The number of unbranched alkanes of at least 4 members (excludes halogenated alkanes) is 1. The summed E-state index contributed by atoms with van der Waals surface area (Å²) in [6, 6.07) is 4.07. The molecule has 1 aromatic carbocycles. The summed E-state index contributed by atoms with van der Waals surface area (Å²) in [7, 11) is 0. The average Bonchev–Trinajstić information content (AvgIpc) is 3.25. The van der Waals surface area contributed by atoms with Gasteiger partial charge < -0.3 is 9.88 Å². The predicted molar refractivity (Wildman–Crippen MR) is 124 cm³/mol. The average molecular weight is 422 g/mol. The quantitative estimate of drug-likeness (QED) is 0.420. The molecule has 2 aromatic heterocycles.